The van der Waals surface area contributed by atoms with Gasteiger partial charge in [-0.2, -0.15) is 0 Å². The summed E-state index contributed by atoms with van der Waals surface area (Å²) in [6.45, 7) is 3.33. The summed E-state index contributed by atoms with van der Waals surface area (Å²) in [5, 5.41) is 10.5. The number of thiazole rings is 1. The molecule has 10 heteroatoms. The van der Waals surface area contributed by atoms with Crippen LogP contribution in [-0.4, -0.2) is 48.2 Å². The molecule has 0 saturated heterocycles. The number of benzene rings is 1. The van der Waals surface area contributed by atoms with E-state index in [1.807, 2.05) is 0 Å². The molecule has 180 valence electrons. The lowest BCUT2D eigenvalue weighted by Gasteiger charge is -2.26. The molecule has 2 aliphatic carbocycles. The quantitative estimate of drug-likeness (QED) is 0.567. The molecule has 1 aromatic carbocycles. The molecule has 8 nitrogen and oxygen atoms in total. The van der Waals surface area contributed by atoms with Crippen LogP contribution in [0.2, 0.25) is 0 Å². The Morgan fingerprint density at radius 1 is 1.21 bits per heavy atom. The lowest BCUT2D eigenvalue weighted by atomic mass is 9.88. The standard InChI is InChI=1S/C23H30N2O6S2/c1-23(2,27)13-30-16-7-10-18(20(11-16)33(28,29)17-8-9-17)19-12-25-21(32-19)14-3-5-15(6-4-14)31-22(24)26/h7,10-12,14-15,17,27H,3-6,8-9,13H2,1-2H3,(H2,24,26). The van der Waals surface area contributed by atoms with Crippen LogP contribution >= 0.6 is 11.3 Å². The first-order valence-electron chi connectivity index (χ1n) is 11.2. The van der Waals surface area contributed by atoms with Crippen LogP contribution in [0.15, 0.2) is 29.3 Å². The maximum absolute atomic E-state index is 13.2. The van der Waals surface area contributed by atoms with Gasteiger partial charge in [-0.15, -0.1) is 11.3 Å². The van der Waals surface area contributed by atoms with Crippen LogP contribution in [0.3, 0.4) is 0 Å². The molecule has 2 fully saturated rings. The van der Waals surface area contributed by atoms with Crippen molar-refractivity contribution in [3.05, 3.63) is 29.4 Å². The highest BCUT2D eigenvalue weighted by Gasteiger charge is 2.39. The van der Waals surface area contributed by atoms with Crippen molar-refractivity contribution >= 4 is 27.3 Å². The number of carbonyl (C=O) groups is 1. The maximum Gasteiger partial charge on any atom is 0.404 e. The molecular weight excluding hydrogens is 464 g/mol. The summed E-state index contributed by atoms with van der Waals surface area (Å²) in [7, 11) is -3.48. The Morgan fingerprint density at radius 2 is 1.91 bits per heavy atom. The van der Waals surface area contributed by atoms with E-state index in [4.69, 9.17) is 15.2 Å². The van der Waals surface area contributed by atoms with Crippen molar-refractivity contribution < 1.29 is 27.8 Å². The summed E-state index contributed by atoms with van der Waals surface area (Å²) in [4.78, 5) is 16.6. The molecule has 0 unspecified atom stereocenters. The van der Waals surface area contributed by atoms with Crippen LogP contribution in [0.25, 0.3) is 10.4 Å². The molecule has 0 spiro atoms. The van der Waals surface area contributed by atoms with Gasteiger partial charge in [0.25, 0.3) is 0 Å². The first-order valence-corrected chi connectivity index (χ1v) is 13.5. The predicted molar refractivity (Wildman–Crippen MR) is 125 cm³/mol. The molecule has 0 bridgehead atoms. The van der Waals surface area contributed by atoms with Gasteiger partial charge < -0.3 is 20.3 Å². The number of aromatic nitrogens is 1. The Labute approximate surface area is 198 Å². The molecular formula is C23H30N2O6S2. The Bertz CT molecular complexity index is 1110. The summed E-state index contributed by atoms with van der Waals surface area (Å²) < 4.78 is 37.2. The van der Waals surface area contributed by atoms with E-state index in [2.05, 4.69) is 4.98 Å². The molecule has 4 rings (SSSR count). The van der Waals surface area contributed by atoms with Gasteiger partial charge in [0.15, 0.2) is 9.84 Å². The lowest BCUT2D eigenvalue weighted by Crippen LogP contribution is -2.27. The Hall–Kier alpha value is -2.17. The average molecular weight is 495 g/mol. The monoisotopic (exact) mass is 494 g/mol. The third-order valence-corrected chi connectivity index (χ3v) is 9.40. The number of nitrogens with zero attached hydrogens (tertiary/aromatic N) is 1. The number of amides is 1. The Kier molecular flexibility index (Phi) is 6.70. The summed E-state index contributed by atoms with van der Waals surface area (Å²) in [5.41, 5.74) is 4.73. The molecule has 0 aliphatic heterocycles. The summed E-state index contributed by atoms with van der Waals surface area (Å²) in [6, 6.07) is 5.07. The highest BCUT2D eigenvalue weighted by molar-refractivity contribution is 7.92. The van der Waals surface area contributed by atoms with E-state index in [0.29, 0.717) is 24.2 Å². The van der Waals surface area contributed by atoms with E-state index < -0.39 is 21.5 Å². The Morgan fingerprint density at radius 3 is 2.52 bits per heavy atom. The number of carbonyl (C=O) groups excluding carboxylic acids is 1. The van der Waals surface area contributed by atoms with E-state index in [0.717, 1.165) is 35.6 Å². The fourth-order valence-electron chi connectivity index (χ4n) is 4.04. The molecule has 2 saturated carbocycles. The van der Waals surface area contributed by atoms with Gasteiger partial charge in [-0.1, -0.05) is 0 Å². The number of rotatable bonds is 8. The first-order chi connectivity index (χ1) is 15.5. The predicted octanol–water partition coefficient (Wildman–Crippen LogP) is 4.02. The van der Waals surface area contributed by atoms with Crippen molar-refractivity contribution in [2.24, 2.45) is 5.73 Å². The smallest absolute Gasteiger partial charge is 0.404 e. The van der Waals surface area contributed by atoms with Crippen molar-refractivity contribution in [1.29, 1.82) is 0 Å². The van der Waals surface area contributed by atoms with E-state index in [-0.39, 0.29) is 28.8 Å². The molecule has 1 aromatic heterocycles. The molecule has 3 N–H and O–H groups in total. The summed E-state index contributed by atoms with van der Waals surface area (Å²) in [6.07, 6.45) is 5.32. The van der Waals surface area contributed by atoms with Crippen LogP contribution in [0.4, 0.5) is 4.79 Å². The van der Waals surface area contributed by atoms with Gasteiger partial charge in [-0.25, -0.2) is 18.2 Å². The minimum absolute atomic E-state index is 0.0576. The van der Waals surface area contributed by atoms with Crippen LogP contribution < -0.4 is 10.5 Å². The largest absolute Gasteiger partial charge is 0.491 e. The fourth-order valence-corrected chi connectivity index (χ4v) is 7.11. The molecule has 0 atom stereocenters. The fraction of sp³-hybridized carbons (Fsp3) is 0.565. The highest BCUT2D eigenvalue weighted by atomic mass is 32.2. The van der Waals surface area contributed by atoms with Gasteiger partial charge in [-0.3, -0.25) is 0 Å². The number of ether oxygens (including phenoxy) is 2. The second-order valence-electron chi connectivity index (χ2n) is 9.48. The van der Waals surface area contributed by atoms with E-state index in [9.17, 15) is 18.3 Å². The third-order valence-electron chi connectivity index (χ3n) is 5.91. The van der Waals surface area contributed by atoms with Gasteiger partial charge >= 0.3 is 6.09 Å². The second-order valence-corrected chi connectivity index (χ2v) is 12.7. The average Bonchev–Trinajstić information content (AvgIpc) is 3.50. The molecule has 2 aromatic rings. The SMILES string of the molecule is CC(C)(O)COc1ccc(-c2cnc(C3CCC(OC(N)=O)CC3)s2)c(S(=O)(=O)C2CC2)c1. The highest BCUT2D eigenvalue weighted by Crippen LogP contribution is 2.43. The lowest BCUT2D eigenvalue weighted by molar-refractivity contribution is 0.0284. The minimum Gasteiger partial charge on any atom is -0.491 e. The van der Waals surface area contributed by atoms with Crippen molar-refractivity contribution in [2.45, 2.75) is 80.1 Å². The van der Waals surface area contributed by atoms with Crippen LogP contribution in [-0.2, 0) is 14.6 Å². The molecule has 0 radical (unpaired) electrons. The number of sulfone groups is 1. The number of primary amides is 1. The molecule has 2 aliphatic rings. The molecule has 1 amide bonds. The first kappa shape index (κ1) is 24.0. The van der Waals surface area contributed by atoms with Crippen LogP contribution in [0.1, 0.15) is 63.3 Å². The van der Waals surface area contributed by atoms with Crippen LogP contribution in [0.5, 0.6) is 5.75 Å². The number of aliphatic hydroxyl groups is 1. The zero-order valence-electron chi connectivity index (χ0n) is 18.8. The Balaban J connectivity index is 1.57. The van der Waals surface area contributed by atoms with Crippen molar-refractivity contribution in [3.63, 3.8) is 0 Å². The van der Waals surface area contributed by atoms with E-state index in [1.165, 1.54) is 11.3 Å². The van der Waals surface area contributed by atoms with E-state index >= 15 is 0 Å². The van der Waals surface area contributed by atoms with Gasteiger partial charge in [0, 0.05) is 17.7 Å². The zero-order valence-corrected chi connectivity index (χ0v) is 20.5. The normalized spacial score (nSPS) is 21.5. The number of nitrogens with two attached hydrogens (primary N) is 1. The maximum atomic E-state index is 13.2. The minimum atomic E-state index is -3.48. The van der Waals surface area contributed by atoms with E-state index in [1.54, 1.807) is 38.2 Å². The molecule has 1 heterocycles. The van der Waals surface area contributed by atoms with Crippen LogP contribution in [0, 0.1) is 0 Å². The topological polar surface area (TPSA) is 129 Å². The van der Waals surface area contributed by atoms with Crippen molar-refractivity contribution in [3.8, 4) is 16.2 Å². The third kappa shape index (κ3) is 5.85. The van der Waals surface area contributed by atoms with Crippen molar-refractivity contribution in [1.82, 2.24) is 4.98 Å². The van der Waals surface area contributed by atoms with Gasteiger partial charge in [0.2, 0.25) is 0 Å². The van der Waals surface area contributed by atoms with Gasteiger partial charge in [-0.05, 0) is 70.6 Å². The summed E-state index contributed by atoms with van der Waals surface area (Å²) in [5.74, 6) is 0.659. The number of hydrogen-bond donors (Lipinski definition) is 2. The summed E-state index contributed by atoms with van der Waals surface area (Å²) >= 11 is 1.50. The molecule has 33 heavy (non-hydrogen) atoms. The number of hydrogen-bond acceptors (Lipinski definition) is 8. The van der Waals surface area contributed by atoms with Gasteiger partial charge in [0.05, 0.1) is 25.6 Å². The second kappa shape index (κ2) is 9.23. The van der Waals surface area contributed by atoms with Crippen molar-refractivity contribution in [2.75, 3.05) is 6.61 Å². The van der Waals surface area contributed by atoms with Gasteiger partial charge in [0.1, 0.15) is 18.5 Å². The zero-order chi connectivity index (χ0) is 23.8.